The van der Waals surface area contributed by atoms with Crippen molar-refractivity contribution in [1.29, 1.82) is 0 Å². The predicted molar refractivity (Wildman–Crippen MR) is 78.7 cm³/mol. The zero-order chi connectivity index (χ0) is 13.7. The SMILES string of the molecule is CC[C@H](c1ccc(OC)cc1)[C@H](C)c1ccccn1. The number of hydrogen-bond acceptors (Lipinski definition) is 2. The fourth-order valence-corrected chi connectivity index (χ4v) is 2.58. The third kappa shape index (κ3) is 3.14. The van der Waals surface area contributed by atoms with Crippen molar-refractivity contribution in [3.63, 3.8) is 0 Å². The molecule has 0 spiro atoms. The number of methoxy groups -OCH3 is 1. The van der Waals surface area contributed by atoms with Crippen LogP contribution in [0.25, 0.3) is 0 Å². The summed E-state index contributed by atoms with van der Waals surface area (Å²) in [4.78, 5) is 4.48. The molecule has 2 heteroatoms. The predicted octanol–water partition coefficient (Wildman–Crippen LogP) is 4.39. The lowest BCUT2D eigenvalue weighted by atomic mass is 9.83. The average Bonchev–Trinajstić information content (AvgIpc) is 2.49. The lowest BCUT2D eigenvalue weighted by Crippen LogP contribution is -2.09. The van der Waals surface area contributed by atoms with Gasteiger partial charge in [-0.05, 0) is 42.2 Å². The first-order valence-corrected chi connectivity index (χ1v) is 6.81. The monoisotopic (exact) mass is 255 g/mol. The van der Waals surface area contributed by atoms with Gasteiger partial charge in [0.2, 0.25) is 0 Å². The van der Waals surface area contributed by atoms with Crippen LogP contribution >= 0.6 is 0 Å². The highest BCUT2D eigenvalue weighted by molar-refractivity contribution is 5.31. The topological polar surface area (TPSA) is 22.1 Å². The summed E-state index contributed by atoms with van der Waals surface area (Å²) >= 11 is 0. The van der Waals surface area contributed by atoms with E-state index in [2.05, 4.69) is 43.1 Å². The minimum absolute atomic E-state index is 0.416. The molecule has 2 atom stereocenters. The molecule has 0 saturated carbocycles. The fraction of sp³-hybridized carbons (Fsp3) is 0.353. The summed E-state index contributed by atoms with van der Waals surface area (Å²) < 4.78 is 5.22. The van der Waals surface area contributed by atoms with Gasteiger partial charge in [-0.15, -0.1) is 0 Å². The molecule has 0 bridgehead atoms. The number of aromatic nitrogens is 1. The van der Waals surface area contributed by atoms with Crippen LogP contribution in [0.4, 0.5) is 0 Å². The van der Waals surface area contributed by atoms with E-state index in [0.29, 0.717) is 11.8 Å². The summed E-state index contributed by atoms with van der Waals surface area (Å²) in [6.45, 7) is 4.48. The molecule has 1 heterocycles. The number of nitrogens with zero attached hydrogens (tertiary/aromatic N) is 1. The summed E-state index contributed by atoms with van der Waals surface area (Å²) in [7, 11) is 1.70. The van der Waals surface area contributed by atoms with Gasteiger partial charge < -0.3 is 4.74 Å². The van der Waals surface area contributed by atoms with Crippen molar-refractivity contribution in [2.45, 2.75) is 32.1 Å². The lowest BCUT2D eigenvalue weighted by Gasteiger charge is -2.23. The molecular weight excluding hydrogens is 234 g/mol. The highest BCUT2D eigenvalue weighted by Gasteiger charge is 2.20. The molecule has 1 aromatic carbocycles. The summed E-state index contributed by atoms with van der Waals surface area (Å²) in [5.74, 6) is 1.81. The van der Waals surface area contributed by atoms with Crippen molar-refractivity contribution in [2.24, 2.45) is 0 Å². The Bertz CT molecular complexity index is 492. The van der Waals surface area contributed by atoms with Crippen LogP contribution in [-0.2, 0) is 0 Å². The molecule has 19 heavy (non-hydrogen) atoms. The number of pyridine rings is 1. The molecule has 0 aliphatic carbocycles. The molecule has 0 amide bonds. The molecule has 0 radical (unpaired) electrons. The molecule has 0 aliphatic heterocycles. The summed E-state index contributed by atoms with van der Waals surface area (Å²) in [5, 5.41) is 0. The molecule has 1 aromatic heterocycles. The van der Waals surface area contributed by atoms with Crippen molar-refractivity contribution in [3.05, 3.63) is 59.9 Å². The van der Waals surface area contributed by atoms with Gasteiger partial charge in [0, 0.05) is 17.8 Å². The molecule has 2 aromatic rings. The lowest BCUT2D eigenvalue weighted by molar-refractivity contribution is 0.414. The van der Waals surface area contributed by atoms with Gasteiger partial charge in [0.25, 0.3) is 0 Å². The Morgan fingerprint density at radius 3 is 2.37 bits per heavy atom. The normalized spacial score (nSPS) is 13.8. The van der Waals surface area contributed by atoms with Crippen LogP contribution in [0, 0.1) is 0 Å². The van der Waals surface area contributed by atoms with Crippen LogP contribution in [0.1, 0.15) is 43.4 Å². The summed E-state index contributed by atoms with van der Waals surface area (Å²) in [5.41, 5.74) is 2.51. The maximum Gasteiger partial charge on any atom is 0.118 e. The molecule has 0 saturated heterocycles. The first kappa shape index (κ1) is 13.6. The zero-order valence-electron chi connectivity index (χ0n) is 11.8. The minimum atomic E-state index is 0.416. The molecule has 0 fully saturated rings. The smallest absolute Gasteiger partial charge is 0.118 e. The van der Waals surface area contributed by atoms with Gasteiger partial charge in [0.15, 0.2) is 0 Å². The third-order valence-electron chi connectivity index (χ3n) is 3.74. The quantitative estimate of drug-likeness (QED) is 0.790. The average molecular weight is 255 g/mol. The Balaban J connectivity index is 2.23. The maximum atomic E-state index is 5.22. The van der Waals surface area contributed by atoms with E-state index in [-0.39, 0.29) is 0 Å². The van der Waals surface area contributed by atoms with Crippen LogP contribution in [0.5, 0.6) is 5.75 Å². The largest absolute Gasteiger partial charge is 0.497 e. The molecule has 0 N–H and O–H groups in total. The van der Waals surface area contributed by atoms with Crippen molar-refractivity contribution in [1.82, 2.24) is 4.98 Å². The Morgan fingerprint density at radius 2 is 1.84 bits per heavy atom. The van der Waals surface area contributed by atoms with E-state index in [9.17, 15) is 0 Å². The van der Waals surface area contributed by atoms with E-state index in [1.54, 1.807) is 7.11 Å². The molecule has 100 valence electrons. The third-order valence-corrected chi connectivity index (χ3v) is 3.74. The van der Waals surface area contributed by atoms with E-state index in [4.69, 9.17) is 4.74 Å². The molecular formula is C17H21NO. The van der Waals surface area contributed by atoms with Gasteiger partial charge in [-0.2, -0.15) is 0 Å². The highest BCUT2D eigenvalue weighted by Crippen LogP contribution is 2.34. The van der Waals surface area contributed by atoms with E-state index in [1.807, 2.05) is 24.4 Å². The second kappa shape index (κ2) is 6.37. The van der Waals surface area contributed by atoms with E-state index < -0.39 is 0 Å². The molecule has 0 aliphatic rings. The van der Waals surface area contributed by atoms with Gasteiger partial charge in [0.05, 0.1) is 7.11 Å². The molecule has 2 nitrogen and oxygen atoms in total. The highest BCUT2D eigenvalue weighted by atomic mass is 16.5. The maximum absolute atomic E-state index is 5.22. The second-order valence-electron chi connectivity index (χ2n) is 4.83. The fourth-order valence-electron chi connectivity index (χ4n) is 2.58. The second-order valence-corrected chi connectivity index (χ2v) is 4.83. The van der Waals surface area contributed by atoms with Crippen molar-refractivity contribution in [2.75, 3.05) is 7.11 Å². The van der Waals surface area contributed by atoms with E-state index in [0.717, 1.165) is 17.9 Å². The van der Waals surface area contributed by atoms with Crippen LogP contribution in [0.15, 0.2) is 48.7 Å². The number of ether oxygens (including phenoxy) is 1. The summed E-state index contributed by atoms with van der Waals surface area (Å²) in [6, 6.07) is 14.5. The summed E-state index contributed by atoms with van der Waals surface area (Å²) in [6.07, 6.45) is 2.97. The van der Waals surface area contributed by atoms with Gasteiger partial charge in [-0.25, -0.2) is 0 Å². The van der Waals surface area contributed by atoms with E-state index >= 15 is 0 Å². The van der Waals surface area contributed by atoms with Crippen molar-refractivity contribution in [3.8, 4) is 5.75 Å². The van der Waals surface area contributed by atoms with Crippen LogP contribution in [-0.4, -0.2) is 12.1 Å². The van der Waals surface area contributed by atoms with Crippen LogP contribution < -0.4 is 4.74 Å². The van der Waals surface area contributed by atoms with Crippen LogP contribution in [0.3, 0.4) is 0 Å². The van der Waals surface area contributed by atoms with Crippen molar-refractivity contribution >= 4 is 0 Å². The molecule has 2 rings (SSSR count). The van der Waals surface area contributed by atoms with Crippen molar-refractivity contribution < 1.29 is 4.74 Å². The minimum Gasteiger partial charge on any atom is -0.497 e. The van der Waals surface area contributed by atoms with Gasteiger partial charge in [-0.3, -0.25) is 4.98 Å². The van der Waals surface area contributed by atoms with Crippen LogP contribution in [0.2, 0.25) is 0 Å². The number of hydrogen-bond donors (Lipinski definition) is 0. The number of rotatable bonds is 5. The van der Waals surface area contributed by atoms with Gasteiger partial charge >= 0.3 is 0 Å². The Kier molecular flexibility index (Phi) is 4.56. The number of benzene rings is 1. The van der Waals surface area contributed by atoms with Gasteiger partial charge in [0.1, 0.15) is 5.75 Å². The first-order valence-electron chi connectivity index (χ1n) is 6.81. The van der Waals surface area contributed by atoms with Gasteiger partial charge in [-0.1, -0.05) is 32.0 Å². The molecule has 0 unspecified atom stereocenters. The first-order chi connectivity index (χ1) is 9.26. The standard InChI is InChI=1S/C17H21NO/c1-4-16(13(2)17-7-5-6-12-18-17)14-8-10-15(19-3)11-9-14/h5-13,16H,4H2,1-3H3/t13-,16-/m0/s1. The van der Waals surface area contributed by atoms with E-state index in [1.165, 1.54) is 5.56 Å². The Labute approximate surface area is 115 Å². The Hall–Kier alpha value is -1.83. The Morgan fingerprint density at radius 1 is 1.11 bits per heavy atom. The zero-order valence-corrected chi connectivity index (χ0v) is 11.8.